The largest absolute Gasteiger partial charge is 0.307 e. The van der Waals surface area contributed by atoms with E-state index in [-0.39, 0.29) is 6.04 Å². The Morgan fingerprint density at radius 1 is 1.33 bits per heavy atom. The summed E-state index contributed by atoms with van der Waals surface area (Å²) in [6.07, 6.45) is 3.77. The molecule has 1 nitrogen and oxygen atoms in total. The van der Waals surface area contributed by atoms with Crippen LogP contribution in [0.5, 0.6) is 0 Å². The van der Waals surface area contributed by atoms with Gasteiger partial charge in [-0.25, -0.2) is 0 Å². The van der Waals surface area contributed by atoms with Crippen LogP contribution in [0.4, 0.5) is 0 Å². The van der Waals surface area contributed by atoms with Crippen molar-refractivity contribution in [1.82, 2.24) is 5.32 Å². The molecule has 0 bridgehead atoms. The monoisotopic (exact) mass is 285 g/mol. The van der Waals surface area contributed by atoms with Gasteiger partial charge in [0, 0.05) is 12.1 Å². The minimum Gasteiger partial charge on any atom is -0.307 e. The highest BCUT2D eigenvalue weighted by atomic mass is 35.5. The van der Waals surface area contributed by atoms with Crippen molar-refractivity contribution in [3.05, 3.63) is 33.8 Å². The Labute approximate surface area is 120 Å². The van der Waals surface area contributed by atoms with Crippen LogP contribution in [0.25, 0.3) is 0 Å². The number of benzene rings is 1. The van der Waals surface area contributed by atoms with Crippen molar-refractivity contribution in [2.24, 2.45) is 5.41 Å². The Balaban J connectivity index is 2.04. The third kappa shape index (κ3) is 3.20. The van der Waals surface area contributed by atoms with Crippen molar-refractivity contribution >= 4 is 23.2 Å². The van der Waals surface area contributed by atoms with Gasteiger partial charge in [-0.1, -0.05) is 49.2 Å². The normalized spacial score (nSPS) is 24.2. The minimum atomic E-state index is 0.245. The molecular formula is C15H21Cl2N. The standard InChI is InChI=1S/C15H21Cl2N/c1-10(12-5-4-6-13(16)14(12)17)18-11-7-8-15(2,3)9-11/h4-6,10-11,18H,7-9H2,1-3H3. The average Bonchev–Trinajstić information content (AvgIpc) is 2.62. The zero-order valence-electron chi connectivity index (χ0n) is 11.3. The number of hydrogen-bond donors (Lipinski definition) is 1. The molecule has 1 aromatic rings. The third-order valence-corrected chi connectivity index (χ3v) is 4.74. The quantitative estimate of drug-likeness (QED) is 0.803. The Bertz CT molecular complexity index is 429. The number of hydrogen-bond acceptors (Lipinski definition) is 1. The molecule has 1 aliphatic carbocycles. The van der Waals surface area contributed by atoms with Crippen LogP contribution >= 0.6 is 23.2 Å². The van der Waals surface area contributed by atoms with Crippen LogP contribution in [0.1, 0.15) is 51.6 Å². The maximum atomic E-state index is 6.26. The topological polar surface area (TPSA) is 12.0 Å². The smallest absolute Gasteiger partial charge is 0.0639 e. The molecule has 100 valence electrons. The molecule has 0 radical (unpaired) electrons. The fourth-order valence-electron chi connectivity index (χ4n) is 2.88. The second kappa shape index (κ2) is 5.40. The van der Waals surface area contributed by atoms with Gasteiger partial charge < -0.3 is 5.32 Å². The fraction of sp³-hybridized carbons (Fsp3) is 0.600. The van der Waals surface area contributed by atoms with Gasteiger partial charge in [0.15, 0.2) is 0 Å². The highest BCUT2D eigenvalue weighted by molar-refractivity contribution is 6.42. The first-order valence-corrected chi connectivity index (χ1v) is 7.34. The molecule has 0 aliphatic heterocycles. The van der Waals surface area contributed by atoms with Crippen LogP contribution in [0, 0.1) is 5.41 Å². The van der Waals surface area contributed by atoms with Crippen molar-refractivity contribution < 1.29 is 0 Å². The summed E-state index contributed by atoms with van der Waals surface area (Å²) in [6, 6.07) is 6.67. The van der Waals surface area contributed by atoms with E-state index in [1.54, 1.807) is 0 Å². The van der Waals surface area contributed by atoms with Gasteiger partial charge in [-0.15, -0.1) is 0 Å². The third-order valence-electron chi connectivity index (χ3n) is 3.90. The molecule has 1 saturated carbocycles. The number of nitrogens with one attached hydrogen (secondary N) is 1. The van der Waals surface area contributed by atoms with Crippen LogP contribution in [0.3, 0.4) is 0 Å². The zero-order chi connectivity index (χ0) is 13.3. The summed E-state index contributed by atoms with van der Waals surface area (Å²) in [5, 5.41) is 4.99. The van der Waals surface area contributed by atoms with E-state index in [0.29, 0.717) is 21.5 Å². The van der Waals surface area contributed by atoms with E-state index in [2.05, 4.69) is 26.1 Å². The number of halogens is 2. The summed E-state index contributed by atoms with van der Waals surface area (Å²) in [6.45, 7) is 6.83. The van der Waals surface area contributed by atoms with Gasteiger partial charge in [-0.3, -0.25) is 0 Å². The molecule has 1 aromatic carbocycles. The fourth-order valence-corrected chi connectivity index (χ4v) is 3.35. The van der Waals surface area contributed by atoms with Gasteiger partial charge in [-0.2, -0.15) is 0 Å². The first kappa shape index (κ1) is 14.2. The Morgan fingerprint density at radius 2 is 2.06 bits per heavy atom. The van der Waals surface area contributed by atoms with Crippen molar-refractivity contribution in [2.75, 3.05) is 0 Å². The Morgan fingerprint density at radius 3 is 2.67 bits per heavy atom. The predicted octanol–water partition coefficient (Wildman–Crippen LogP) is 5.22. The lowest BCUT2D eigenvalue weighted by molar-refractivity contribution is 0.356. The summed E-state index contributed by atoms with van der Waals surface area (Å²) in [5.74, 6) is 0. The molecule has 1 fully saturated rings. The molecule has 18 heavy (non-hydrogen) atoms. The van der Waals surface area contributed by atoms with Gasteiger partial charge in [0.2, 0.25) is 0 Å². The Hall–Kier alpha value is -0.240. The van der Waals surface area contributed by atoms with Crippen molar-refractivity contribution in [3.63, 3.8) is 0 Å². The summed E-state index contributed by atoms with van der Waals surface area (Å²) >= 11 is 12.3. The summed E-state index contributed by atoms with van der Waals surface area (Å²) in [4.78, 5) is 0. The summed E-state index contributed by atoms with van der Waals surface area (Å²) < 4.78 is 0. The second-order valence-corrected chi connectivity index (χ2v) is 6.92. The van der Waals surface area contributed by atoms with E-state index < -0.39 is 0 Å². The second-order valence-electron chi connectivity index (χ2n) is 6.14. The molecule has 2 unspecified atom stereocenters. The lowest BCUT2D eigenvalue weighted by Crippen LogP contribution is -2.30. The molecule has 3 heteroatoms. The van der Waals surface area contributed by atoms with Crippen molar-refractivity contribution in [3.8, 4) is 0 Å². The van der Waals surface area contributed by atoms with Crippen LogP contribution in [0.2, 0.25) is 10.0 Å². The van der Waals surface area contributed by atoms with E-state index in [1.807, 2.05) is 18.2 Å². The van der Waals surface area contributed by atoms with E-state index in [0.717, 1.165) is 5.56 Å². The van der Waals surface area contributed by atoms with E-state index >= 15 is 0 Å². The highest BCUT2D eigenvalue weighted by Crippen LogP contribution is 2.38. The van der Waals surface area contributed by atoms with Gasteiger partial charge in [0.05, 0.1) is 10.0 Å². The summed E-state index contributed by atoms with van der Waals surface area (Å²) in [7, 11) is 0. The average molecular weight is 286 g/mol. The molecular weight excluding hydrogens is 265 g/mol. The molecule has 0 amide bonds. The van der Waals surface area contributed by atoms with Gasteiger partial charge in [0.25, 0.3) is 0 Å². The van der Waals surface area contributed by atoms with Crippen molar-refractivity contribution in [1.29, 1.82) is 0 Å². The van der Waals surface area contributed by atoms with Crippen LogP contribution in [-0.4, -0.2) is 6.04 Å². The Kier molecular flexibility index (Phi) is 4.25. The van der Waals surface area contributed by atoms with E-state index in [9.17, 15) is 0 Å². The molecule has 1 N–H and O–H groups in total. The molecule has 2 rings (SSSR count). The first-order chi connectivity index (χ1) is 8.39. The SMILES string of the molecule is CC(NC1CCC(C)(C)C1)c1cccc(Cl)c1Cl. The molecule has 0 saturated heterocycles. The minimum absolute atomic E-state index is 0.245. The van der Waals surface area contributed by atoms with E-state index in [1.165, 1.54) is 19.3 Å². The molecule has 0 heterocycles. The lowest BCUT2D eigenvalue weighted by atomic mass is 9.91. The maximum absolute atomic E-state index is 6.26. The van der Waals surface area contributed by atoms with Crippen LogP contribution in [-0.2, 0) is 0 Å². The van der Waals surface area contributed by atoms with Gasteiger partial charge in [0.1, 0.15) is 0 Å². The summed E-state index contributed by atoms with van der Waals surface area (Å²) in [5.41, 5.74) is 1.56. The van der Waals surface area contributed by atoms with Crippen molar-refractivity contribution in [2.45, 2.75) is 52.1 Å². The van der Waals surface area contributed by atoms with Gasteiger partial charge >= 0.3 is 0 Å². The molecule has 1 aliphatic rings. The lowest BCUT2D eigenvalue weighted by Gasteiger charge is -2.23. The van der Waals surface area contributed by atoms with Crippen LogP contribution < -0.4 is 5.32 Å². The number of rotatable bonds is 3. The highest BCUT2D eigenvalue weighted by Gasteiger charge is 2.31. The maximum Gasteiger partial charge on any atom is 0.0639 e. The van der Waals surface area contributed by atoms with Gasteiger partial charge in [-0.05, 0) is 43.2 Å². The molecule has 0 aromatic heterocycles. The predicted molar refractivity (Wildman–Crippen MR) is 79.4 cm³/mol. The zero-order valence-corrected chi connectivity index (χ0v) is 12.8. The van der Waals surface area contributed by atoms with E-state index in [4.69, 9.17) is 23.2 Å². The molecule has 0 spiro atoms. The molecule has 2 atom stereocenters. The van der Waals surface area contributed by atoms with Crippen LogP contribution in [0.15, 0.2) is 18.2 Å². The first-order valence-electron chi connectivity index (χ1n) is 6.59.